The van der Waals surface area contributed by atoms with Crippen LogP contribution in [0.4, 0.5) is 13.2 Å². The number of aliphatic hydroxyl groups excluding tert-OH is 1. The number of piperidine rings is 1. The molecule has 2 heterocycles. The number of alkyl halides is 3. The fourth-order valence-electron chi connectivity index (χ4n) is 4.51. The van der Waals surface area contributed by atoms with Gasteiger partial charge in [0.15, 0.2) is 11.5 Å². The van der Waals surface area contributed by atoms with Crippen LogP contribution in [0.1, 0.15) is 43.2 Å². The zero-order valence-electron chi connectivity index (χ0n) is 20.6. The van der Waals surface area contributed by atoms with Gasteiger partial charge in [-0.2, -0.15) is 13.2 Å². The normalized spacial score (nSPS) is 18.0. The SMILES string of the molecule is COc1ccc(-c2[nH]c3ccc(C4CCNCC4O)cc3c2C(C)C)cc1OC.O=C(O)C(F)(F)F. The summed E-state index contributed by atoms with van der Waals surface area (Å²) in [5.74, 6) is -0.787. The van der Waals surface area contributed by atoms with Crippen molar-refractivity contribution in [1.82, 2.24) is 10.3 Å². The average Bonchev–Trinajstić information content (AvgIpc) is 3.22. The highest BCUT2D eigenvalue weighted by molar-refractivity contribution is 5.92. The van der Waals surface area contributed by atoms with Crippen molar-refractivity contribution < 1.29 is 37.7 Å². The molecule has 36 heavy (non-hydrogen) atoms. The van der Waals surface area contributed by atoms with Gasteiger partial charge in [0, 0.05) is 28.9 Å². The Hall–Kier alpha value is -3.24. The molecule has 2 aromatic carbocycles. The number of aliphatic hydroxyl groups is 1. The summed E-state index contributed by atoms with van der Waals surface area (Å²) in [6.07, 6.45) is -4.47. The van der Waals surface area contributed by atoms with Crippen molar-refractivity contribution in [1.29, 1.82) is 0 Å². The Kier molecular flexibility index (Phi) is 8.52. The first-order valence-electron chi connectivity index (χ1n) is 11.5. The molecule has 2 atom stereocenters. The monoisotopic (exact) mass is 508 g/mol. The number of benzene rings is 2. The van der Waals surface area contributed by atoms with Crippen LogP contribution < -0.4 is 14.8 Å². The maximum Gasteiger partial charge on any atom is 0.490 e. The Balaban J connectivity index is 0.000000454. The molecule has 1 aliphatic heterocycles. The van der Waals surface area contributed by atoms with Crippen LogP contribution in [0.25, 0.3) is 22.2 Å². The highest BCUT2D eigenvalue weighted by Crippen LogP contribution is 2.40. The molecule has 1 aromatic heterocycles. The minimum Gasteiger partial charge on any atom is -0.493 e. The maximum absolute atomic E-state index is 10.6. The fraction of sp³-hybridized carbons (Fsp3) is 0.423. The zero-order chi connectivity index (χ0) is 26.6. The minimum absolute atomic E-state index is 0.181. The van der Waals surface area contributed by atoms with E-state index in [9.17, 15) is 18.3 Å². The zero-order valence-corrected chi connectivity index (χ0v) is 20.6. The number of carboxylic acid groups (broad SMARTS) is 1. The summed E-state index contributed by atoms with van der Waals surface area (Å²) in [6, 6.07) is 12.6. The standard InChI is InChI=1S/C24H30N2O3.C2HF3O2/c1-14(2)23-18-11-15(17-9-10-25-13-20(17)27)5-7-19(18)26-24(23)16-6-8-21(28-3)22(12-16)29-4;3-2(4,5)1(6)7/h5-8,11-12,14,17,20,25-27H,9-10,13H2,1-4H3;(H,6,7). The highest BCUT2D eigenvalue weighted by atomic mass is 19.4. The highest BCUT2D eigenvalue weighted by Gasteiger charge is 2.38. The number of ether oxygens (including phenoxy) is 2. The third-order valence-corrected chi connectivity index (χ3v) is 6.23. The molecule has 2 unspecified atom stereocenters. The number of aromatic amines is 1. The van der Waals surface area contributed by atoms with Crippen molar-refractivity contribution >= 4 is 16.9 Å². The molecule has 196 valence electrons. The van der Waals surface area contributed by atoms with E-state index in [2.05, 4.69) is 48.4 Å². The van der Waals surface area contributed by atoms with Gasteiger partial charge in [0.2, 0.25) is 0 Å². The van der Waals surface area contributed by atoms with E-state index in [4.69, 9.17) is 19.4 Å². The summed E-state index contributed by atoms with van der Waals surface area (Å²) in [4.78, 5) is 12.5. The number of fused-ring (bicyclic) bond motifs is 1. The van der Waals surface area contributed by atoms with Gasteiger partial charge < -0.3 is 30.0 Å². The van der Waals surface area contributed by atoms with Crippen molar-refractivity contribution in [3.63, 3.8) is 0 Å². The molecular weight excluding hydrogens is 477 g/mol. The van der Waals surface area contributed by atoms with Gasteiger partial charge in [-0.15, -0.1) is 0 Å². The van der Waals surface area contributed by atoms with E-state index in [0.717, 1.165) is 41.2 Å². The van der Waals surface area contributed by atoms with Gasteiger partial charge in [-0.25, -0.2) is 4.79 Å². The van der Waals surface area contributed by atoms with Crippen LogP contribution in [-0.2, 0) is 4.79 Å². The molecule has 10 heteroatoms. The lowest BCUT2D eigenvalue weighted by molar-refractivity contribution is -0.192. The number of methoxy groups -OCH3 is 2. The topological polar surface area (TPSA) is 104 Å². The molecule has 0 amide bonds. The molecule has 0 aliphatic carbocycles. The molecule has 0 radical (unpaired) electrons. The molecular formula is C26H31F3N2O5. The molecule has 1 fully saturated rings. The van der Waals surface area contributed by atoms with Crippen LogP contribution in [0.5, 0.6) is 11.5 Å². The van der Waals surface area contributed by atoms with E-state index >= 15 is 0 Å². The Morgan fingerprint density at radius 1 is 1.08 bits per heavy atom. The molecule has 3 aromatic rings. The first-order valence-corrected chi connectivity index (χ1v) is 11.5. The van der Waals surface area contributed by atoms with Crippen molar-refractivity contribution in [3.8, 4) is 22.8 Å². The number of β-amino-alcohol motifs (C(OH)–C–C–N with tert-alkyl or cyclic N) is 1. The number of hydrogen-bond acceptors (Lipinski definition) is 5. The number of hydrogen-bond donors (Lipinski definition) is 4. The van der Waals surface area contributed by atoms with Crippen molar-refractivity contribution in [2.75, 3.05) is 27.3 Å². The fourth-order valence-corrected chi connectivity index (χ4v) is 4.51. The first kappa shape index (κ1) is 27.3. The maximum atomic E-state index is 10.6. The van der Waals surface area contributed by atoms with E-state index in [1.807, 2.05) is 12.1 Å². The van der Waals surface area contributed by atoms with Crippen LogP contribution in [0.3, 0.4) is 0 Å². The lowest BCUT2D eigenvalue weighted by atomic mass is 9.86. The van der Waals surface area contributed by atoms with Crippen molar-refractivity contribution in [2.45, 2.75) is 44.4 Å². The minimum atomic E-state index is -5.08. The lowest BCUT2D eigenvalue weighted by Crippen LogP contribution is -2.39. The molecule has 0 saturated carbocycles. The molecule has 4 N–H and O–H groups in total. The number of carboxylic acids is 1. The van der Waals surface area contributed by atoms with Gasteiger partial charge in [-0.3, -0.25) is 0 Å². The number of H-pyrrole nitrogens is 1. The predicted octanol–water partition coefficient (Wildman–Crippen LogP) is 5.05. The Morgan fingerprint density at radius 2 is 1.75 bits per heavy atom. The molecule has 4 rings (SSSR count). The van der Waals surface area contributed by atoms with Crippen LogP contribution in [-0.4, -0.2) is 60.8 Å². The Morgan fingerprint density at radius 3 is 2.31 bits per heavy atom. The number of aromatic nitrogens is 1. The molecule has 0 spiro atoms. The van der Waals surface area contributed by atoms with Gasteiger partial charge in [-0.05, 0) is 60.3 Å². The molecule has 1 saturated heterocycles. The number of nitrogens with one attached hydrogen (secondary N) is 2. The lowest BCUT2D eigenvalue weighted by Gasteiger charge is -2.28. The third kappa shape index (κ3) is 5.93. The number of aliphatic carboxylic acids is 1. The van der Waals surface area contributed by atoms with Crippen LogP contribution in [0, 0.1) is 0 Å². The van der Waals surface area contributed by atoms with Gasteiger partial charge in [0.1, 0.15) is 0 Å². The molecule has 1 aliphatic rings. The molecule has 0 bridgehead atoms. The summed E-state index contributed by atoms with van der Waals surface area (Å²) < 4.78 is 42.6. The second kappa shape index (κ2) is 11.2. The van der Waals surface area contributed by atoms with E-state index in [1.165, 1.54) is 16.5 Å². The number of halogens is 3. The number of carbonyl (C=O) groups is 1. The second-order valence-electron chi connectivity index (χ2n) is 8.91. The summed E-state index contributed by atoms with van der Waals surface area (Å²) in [7, 11) is 3.31. The Labute approximate surface area is 207 Å². The summed E-state index contributed by atoms with van der Waals surface area (Å²) in [5.41, 5.74) is 5.80. The Bertz CT molecular complexity index is 1210. The second-order valence-corrected chi connectivity index (χ2v) is 8.91. The van der Waals surface area contributed by atoms with Crippen LogP contribution >= 0.6 is 0 Å². The smallest absolute Gasteiger partial charge is 0.490 e. The van der Waals surface area contributed by atoms with E-state index in [1.54, 1.807) is 14.2 Å². The quantitative estimate of drug-likeness (QED) is 0.385. The summed E-state index contributed by atoms with van der Waals surface area (Å²) in [6.45, 7) is 6.04. The van der Waals surface area contributed by atoms with Crippen LogP contribution in [0.15, 0.2) is 36.4 Å². The average molecular weight is 509 g/mol. The van der Waals surface area contributed by atoms with E-state index in [0.29, 0.717) is 12.5 Å². The third-order valence-electron chi connectivity index (χ3n) is 6.23. The van der Waals surface area contributed by atoms with E-state index < -0.39 is 12.1 Å². The molecule has 7 nitrogen and oxygen atoms in total. The van der Waals surface area contributed by atoms with Crippen molar-refractivity contribution in [3.05, 3.63) is 47.5 Å². The summed E-state index contributed by atoms with van der Waals surface area (Å²) >= 11 is 0. The first-order chi connectivity index (χ1) is 17.0. The van der Waals surface area contributed by atoms with Crippen LogP contribution in [0.2, 0.25) is 0 Å². The van der Waals surface area contributed by atoms with Gasteiger partial charge >= 0.3 is 12.1 Å². The summed E-state index contributed by atoms with van der Waals surface area (Å²) in [5, 5.41) is 22.1. The predicted molar refractivity (Wildman–Crippen MR) is 131 cm³/mol. The number of rotatable bonds is 5. The largest absolute Gasteiger partial charge is 0.493 e. The van der Waals surface area contributed by atoms with Crippen molar-refractivity contribution in [2.24, 2.45) is 0 Å². The van der Waals surface area contributed by atoms with Gasteiger partial charge in [-0.1, -0.05) is 19.9 Å². The van der Waals surface area contributed by atoms with Gasteiger partial charge in [0.25, 0.3) is 0 Å². The van der Waals surface area contributed by atoms with E-state index in [-0.39, 0.29) is 12.0 Å². The van der Waals surface area contributed by atoms with Gasteiger partial charge in [0.05, 0.1) is 26.0 Å².